The molecule has 0 saturated carbocycles. The molecule has 0 aliphatic carbocycles. The molecule has 0 amide bonds. The van der Waals surface area contributed by atoms with Gasteiger partial charge in [-0.15, -0.1) is 0 Å². The Bertz CT molecular complexity index is 290. The quantitative estimate of drug-likeness (QED) is 0.104. The first-order valence-corrected chi connectivity index (χ1v) is 14.1. The predicted octanol–water partition coefficient (Wildman–Crippen LogP) is 11.3. The number of rotatable bonds is 25. The van der Waals surface area contributed by atoms with Crippen LogP contribution in [-0.4, -0.2) is 0 Å². The third-order valence-electron chi connectivity index (χ3n) is 6.37. The highest BCUT2D eigenvalue weighted by Gasteiger charge is 1.94. The Hall–Kier alpha value is -0.260. The molecule has 0 nitrogen and oxygen atoms in total. The Labute approximate surface area is 186 Å². The molecule has 0 heteroatoms. The average Bonchev–Trinajstić information content (AvgIpc) is 2.74. The first kappa shape index (κ1) is 28.7. The van der Waals surface area contributed by atoms with Crippen LogP contribution in [0.25, 0.3) is 0 Å². The molecule has 0 spiro atoms. The van der Waals surface area contributed by atoms with E-state index in [1.807, 2.05) is 0 Å². The summed E-state index contributed by atoms with van der Waals surface area (Å²) in [7, 11) is 0. The Morgan fingerprint density at radius 2 is 0.483 bits per heavy atom. The van der Waals surface area contributed by atoms with Crippen molar-refractivity contribution in [2.75, 3.05) is 0 Å². The van der Waals surface area contributed by atoms with Crippen molar-refractivity contribution in [3.05, 3.63) is 12.2 Å². The largest absolute Gasteiger partial charge is 0.0885 e. The molecular formula is C29H58. The summed E-state index contributed by atoms with van der Waals surface area (Å²) in [5, 5.41) is 0. The first-order chi connectivity index (χ1) is 14.4. The van der Waals surface area contributed by atoms with Gasteiger partial charge in [0.1, 0.15) is 0 Å². The van der Waals surface area contributed by atoms with Crippen LogP contribution in [0.2, 0.25) is 0 Å². The maximum absolute atomic E-state index is 2.45. The van der Waals surface area contributed by atoms with E-state index in [1.54, 1.807) is 0 Å². The Morgan fingerprint density at radius 3 is 0.724 bits per heavy atom. The lowest BCUT2D eigenvalue weighted by Gasteiger charge is -2.03. The van der Waals surface area contributed by atoms with Gasteiger partial charge < -0.3 is 0 Å². The molecule has 0 heterocycles. The van der Waals surface area contributed by atoms with Crippen LogP contribution in [-0.2, 0) is 0 Å². The van der Waals surface area contributed by atoms with Gasteiger partial charge in [-0.25, -0.2) is 0 Å². The molecule has 0 atom stereocenters. The van der Waals surface area contributed by atoms with Gasteiger partial charge in [-0.2, -0.15) is 0 Å². The van der Waals surface area contributed by atoms with Crippen molar-refractivity contribution in [2.24, 2.45) is 0 Å². The first-order valence-electron chi connectivity index (χ1n) is 14.1. The van der Waals surface area contributed by atoms with Gasteiger partial charge in [0.25, 0.3) is 0 Å². The average molecular weight is 407 g/mol. The van der Waals surface area contributed by atoms with E-state index in [0.29, 0.717) is 0 Å². The fourth-order valence-corrected chi connectivity index (χ4v) is 4.27. The summed E-state index contributed by atoms with van der Waals surface area (Å²) >= 11 is 0. The van der Waals surface area contributed by atoms with Crippen LogP contribution >= 0.6 is 0 Å². The third kappa shape index (κ3) is 27.7. The number of hydrogen-bond donors (Lipinski definition) is 0. The molecular weight excluding hydrogens is 348 g/mol. The molecule has 0 aromatic heterocycles. The summed E-state index contributed by atoms with van der Waals surface area (Å²) in [6.45, 7) is 4.60. The van der Waals surface area contributed by atoms with E-state index < -0.39 is 0 Å². The second-order valence-electron chi connectivity index (χ2n) is 9.47. The van der Waals surface area contributed by atoms with Gasteiger partial charge in [0, 0.05) is 0 Å². The molecule has 0 N–H and O–H groups in total. The summed E-state index contributed by atoms with van der Waals surface area (Å²) in [6.07, 6.45) is 40.9. The van der Waals surface area contributed by atoms with Crippen LogP contribution in [0.15, 0.2) is 12.2 Å². The van der Waals surface area contributed by atoms with Gasteiger partial charge in [-0.1, -0.05) is 161 Å². The fraction of sp³-hybridized carbons (Fsp3) is 0.931. The molecule has 0 fully saturated rings. The molecule has 0 unspecified atom stereocenters. The monoisotopic (exact) mass is 406 g/mol. The van der Waals surface area contributed by atoms with Crippen molar-refractivity contribution in [1.29, 1.82) is 0 Å². The predicted molar refractivity (Wildman–Crippen MR) is 136 cm³/mol. The van der Waals surface area contributed by atoms with Crippen LogP contribution in [0.5, 0.6) is 0 Å². The smallest absolute Gasteiger partial charge is 0.0351 e. The van der Waals surface area contributed by atoms with E-state index in [0.717, 1.165) is 0 Å². The van der Waals surface area contributed by atoms with Crippen LogP contribution < -0.4 is 0 Å². The number of unbranched alkanes of at least 4 members (excludes halogenated alkanes) is 23. The molecule has 0 rings (SSSR count). The maximum Gasteiger partial charge on any atom is -0.0351 e. The van der Waals surface area contributed by atoms with Gasteiger partial charge in [-0.05, 0) is 25.7 Å². The summed E-state index contributed by atoms with van der Waals surface area (Å²) in [6, 6.07) is 0. The second-order valence-corrected chi connectivity index (χ2v) is 9.47. The summed E-state index contributed by atoms with van der Waals surface area (Å²) in [4.78, 5) is 0. The Kier molecular flexibility index (Phi) is 27.5. The van der Waals surface area contributed by atoms with E-state index in [9.17, 15) is 0 Å². The molecule has 0 bridgehead atoms. The highest BCUT2D eigenvalue weighted by Crippen LogP contribution is 2.14. The SMILES string of the molecule is CCCCCCCCC/C=C\CCCCCCCCCCCCCCCCCC. The van der Waals surface area contributed by atoms with Crippen LogP contribution in [0, 0.1) is 0 Å². The number of hydrogen-bond acceptors (Lipinski definition) is 0. The van der Waals surface area contributed by atoms with E-state index in [-0.39, 0.29) is 0 Å². The Morgan fingerprint density at radius 1 is 0.276 bits per heavy atom. The van der Waals surface area contributed by atoms with Gasteiger partial charge in [-0.3, -0.25) is 0 Å². The zero-order valence-corrected chi connectivity index (χ0v) is 20.8. The van der Waals surface area contributed by atoms with Crippen molar-refractivity contribution in [3.63, 3.8) is 0 Å². The third-order valence-corrected chi connectivity index (χ3v) is 6.37. The zero-order chi connectivity index (χ0) is 21.1. The summed E-state index contributed by atoms with van der Waals surface area (Å²) < 4.78 is 0. The lowest BCUT2D eigenvalue weighted by molar-refractivity contribution is 0.530. The molecule has 0 aliphatic heterocycles. The standard InChI is InChI=1S/C29H58/c1-3-5-7-9-11-13-15-17-19-21-23-25-27-29-28-26-24-22-20-18-16-14-12-10-8-6-4-2/h19,21H,3-18,20,22-29H2,1-2H3/b21-19-. The molecule has 0 saturated heterocycles. The zero-order valence-electron chi connectivity index (χ0n) is 20.8. The minimum atomic E-state index is 1.31. The van der Waals surface area contributed by atoms with Crippen LogP contribution in [0.3, 0.4) is 0 Å². The van der Waals surface area contributed by atoms with E-state index in [1.165, 1.54) is 161 Å². The topological polar surface area (TPSA) is 0 Å². The molecule has 0 aliphatic rings. The van der Waals surface area contributed by atoms with Gasteiger partial charge in [0.15, 0.2) is 0 Å². The molecule has 174 valence electrons. The number of allylic oxidation sites excluding steroid dienone is 2. The van der Waals surface area contributed by atoms with E-state index >= 15 is 0 Å². The fourth-order valence-electron chi connectivity index (χ4n) is 4.27. The highest BCUT2D eigenvalue weighted by molar-refractivity contribution is 4.81. The molecule has 0 aromatic rings. The maximum atomic E-state index is 2.45. The van der Waals surface area contributed by atoms with Crippen molar-refractivity contribution in [1.82, 2.24) is 0 Å². The molecule has 0 radical (unpaired) electrons. The summed E-state index contributed by atoms with van der Waals surface area (Å²) in [5.74, 6) is 0. The second kappa shape index (κ2) is 27.7. The minimum Gasteiger partial charge on any atom is -0.0885 e. The van der Waals surface area contributed by atoms with E-state index in [2.05, 4.69) is 26.0 Å². The van der Waals surface area contributed by atoms with Gasteiger partial charge in [0.05, 0.1) is 0 Å². The van der Waals surface area contributed by atoms with E-state index in [4.69, 9.17) is 0 Å². The lowest BCUT2D eigenvalue weighted by atomic mass is 10.0. The normalized spacial score (nSPS) is 11.7. The summed E-state index contributed by atoms with van der Waals surface area (Å²) in [5.41, 5.74) is 0. The van der Waals surface area contributed by atoms with Crippen molar-refractivity contribution < 1.29 is 0 Å². The van der Waals surface area contributed by atoms with Gasteiger partial charge >= 0.3 is 0 Å². The van der Waals surface area contributed by atoms with Crippen LogP contribution in [0.4, 0.5) is 0 Å². The lowest BCUT2D eigenvalue weighted by Crippen LogP contribution is -1.83. The van der Waals surface area contributed by atoms with Crippen LogP contribution in [0.1, 0.15) is 174 Å². The molecule has 0 aromatic carbocycles. The highest BCUT2D eigenvalue weighted by atomic mass is 14.0. The molecule has 29 heavy (non-hydrogen) atoms. The minimum absolute atomic E-state index is 1.31. The Balaban J connectivity index is 3.04. The van der Waals surface area contributed by atoms with Crippen molar-refractivity contribution in [3.8, 4) is 0 Å². The van der Waals surface area contributed by atoms with Crippen molar-refractivity contribution in [2.45, 2.75) is 174 Å². The van der Waals surface area contributed by atoms with Gasteiger partial charge in [0.2, 0.25) is 0 Å². The van der Waals surface area contributed by atoms with Crippen molar-refractivity contribution >= 4 is 0 Å².